The zero-order valence-corrected chi connectivity index (χ0v) is 104. The molecule has 2 radical (unpaired) electrons. The summed E-state index contributed by atoms with van der Waals surface area (Å²) in [6.07, 6.45) is 40.1. The van der Waals surface area contributed by atoms with Gasteiger partial charge in [-0.3, -0.25) is 4.79 Å². The molecule has 2 saturated heterocycles. The summed E-state index contributed by atoms with van der Waals surface area (Å²) in [5, 5.41) is 21.4. The fourth-order valence-corrected chi connectivity index (χ4v) is 28.3. The van der Waals surface area contributed by atoms with Crippen molar-refractivity contribution in [2.24, 2.45) is 8.60 Å². The Morgan fingerprint density at radius 2 is 0.653 bits per heavy atom. The van der Waals surface area contributed by atoms with Crippen LogP contribution in [0.15, 0.2) is 161 Å². The number of halogens is 2. The molecule has 10 nitrogen and oxygen atoms in total. The van der Waals surface area contributed by atoms with Crippen molar-refractivity contribution in [3.63, 3.8) is 0 Å². The van der Waals surface area contributed by atoms with Crippen LogP contribution in [0.4, 0.5) is 0 Å². The first-order valence-corrected chi connectivity index (χ1v) is 63.8. The third-order valence-electron chi connectivity index (χ3n) is 23.2. The second-order valence-electron chi connectivity index (χ2n) is 32.7. The predicted octanol–water partition coefficient (Wildman–Crippen LogP) is 40.9. The van der Waals surface area contributed by atoms with Gasteiger partial charge in [0.25, 0.3) is 0 Å². The molecule has 0 spiro atoms. The molecule has 147 heavy (non-hydrogen) atoms. The van der Waals surface area contributed by atoms with E-state index in [2.05, 4.69) is 393 Å². The van der Waals surface area contributed by atoms with Gasteiger partial charge in [-0.2, -0.15) is 20.1 Å². The Labute approximate surface area is 970 Å². The number of aldehydes is 1. The fourth-order valence-electron chi connectivity index (χ4n) is 14.2. The first kappa shape index (κ1) is 136. The third kappa shape index (κ3) is 44.9. The number of ether oxygens (including phenoxy) is 3. The number of benzene rings is 1. The van der Waals surface area contributed by atoms with Gasteiger partial charge in [0.05, 0.1) is 35.4 Å². The zero-order valence-electron chi connectivity index (χ0n) is 87.5. The molecule has 31 heteroatoms. The molecule has 1 aromatic carbocycles. The molecular weight excluding hydrogens is 2250 g/mol. The van der Waals surface area contributed by atoms with Crippen LogP contribution in [0.3, 0.4) is 0 Å². The van der Waals surface area contributed by atoms with Crippen molar-refractivity contribution < 1.29 is 28.3 Å². The number of nitrogens with zero attached hydrogens (tertiary/aromatic N) is 4. The molecule has 17 rings (SSSR count). The molecule has 14 aromatic heterocycles. The van der Waals surface area contributed by atoms with E-state index in [4.69, 9.17) is 32.3 Å². The molecule has 16 heterocycles. The first-order valence-electron chi connectivity index (χ1n) is 49.4. The summed E-state index contributed by atoms with van der Waals surface area (Å²) in [5.74, 6) is 0. The van der Waals surface area contributed by atoms with E-state index in [0.29, 0.717) is 0 Å². The normalized spacial score (nSPS) is 12.3. The van der Waals surface area contributed by atoms with Gasteiger partial charge in [0.1, 0.15) is 11.0 Å². The van der Waals surface area contributed by atoms with E-state index < -0.39 is 0 Å². The Morgan fingerprint density at radius 1 is 0.367 bits per heavy atom. The number of hydrogen-bond donors (Lipinski definition) is 2. The summed E-state index contributed by atoms with van der Waals surface area (Å²) in [4.78, 5) is 27.3. The summed E-state index contributed by atoms with van der Waals surface area (Å²) >= 11 is 37.9. The zero-order chi connectivity index (χ0) is 105. The van der Waals surface area contributed by atoms with Gasteiger partial charge in [-0.1, -0.05) is 124 Å². The van der Waals surface area contributed by atoms with E-state index in [1.165, 1.54) is 186 Å². The van der Waals surface area contributed by atoms with Crippen LogP contribution in [0.1, 0.15) is 311 Å². The Bertz CT molecular complexity index is 6030. The van der Waals surface area contributed by atoms with Crippen LogP contribution in [-0.2, 0) is 107 Å². The Balaban J connectivity index is 0.000000453. The van der Waals surface area contributed by atoms with E-state index in [0.717, 1.165) is 149 Å². The van der Waals surface area contributed by atoms with Crippen LogP contribution in [0, 0.1) is 0 Å². The van der Waals surface area contributed by atoms with Crippen molar-refractivity contribution >= 4 is 322 Å². The molecule has 15 aromatic rings. The second kappa shape index (κ2) is 77.2. The number of rotatable bonds is 31. The van der Waals surface area contributed by atoms with Crippen LogP contribution in [-0.4, -0.2) is 88.3 Å². The molecule has 0 bridgehead atoms. The predicted molar refractivity (Wildman–Crippen MR) is 694 cm³/mol. The molecule has 2 fully saturated rings. The molecule has 0 atom stereocenters. The summed E-state index contributed by atoms with van der Waals surface area (Å²) in [6.45, 7) is 50.3. The van der Waals surface area contributed by atoms with Gasteiger partial charge in [0.15, 0.2) is 6.29 Å². The van der Waals surface area contributed by atoms with Gasteiger partial charge in [0.2, 0.25) is 0 Å². The molecule has 2 aliphatic rings. The molecule has 0 aliphatic carbocycles. The number of fused-ring (bicyclic) bond motifs is 1. The van der Waals surface area contributed by atoms with Crippen LogP contribution in [0.2, 0.25) is 0 Å². The Kier molecular flexibility index (Phi) is 71.3. The second-order valence-corrected chi connectivity index (χ2v) is 49.1. The molecule has 0 N–H and O–H groups in total. The van der Waals surface area contributed by atoms with Gasteiger partial charge in [-0.25, -0.2) is 0 Å². The summed E-state index contributed by atoms with van der Waals surface area (Å²) in [5.41, 5.74) is 22.0. The number of carbonyl (C=O) groups is 1. The van der Waals surface area contributed by atoms with Crippen molar-refractivity contribution in [2.45, 2.75) is 275 Å². The monoisotopic (exact) mass is 2400 g/mol. The number of carbonyl (C=O) groups excluding carboxylic acids is 1. The van der Waals surface area contributed by atoms with Gasteiger partial charge in [-0.05, 0) is 449 Å². The van der Waals surface area contributed by atoms with E-state index in [1.807, 2.05) is 130 Å². The van der Waals surface area contributed by atoms with E-state index >= 15 is 0 Å². The van der Waals surface area contributed by atoms with Crippen molar-refractivity contribution in [1.29, 1.82) is 0 Å². The van der Waals surface area contributed by atoms with Crippen LogP contribution < -0.4 is 4.78 Å². The quantitative estimate of drug-likeness (QED) is 0.0251. The maximum absolute atomic E-state index is 10.3. The van der Waals surface area contributed by atoms with Crippen LogP contribution in [0.25, 0.3) is 92.7 Å². The number of thiophene rings is 13. The van der Waals surface area contributed by atoms with E-state index in [1.54, 1.807) is 45.3 Å². The SMILES string of the molecule is C.C.C.C1CCOC1.CCOCC.CCOCC.CCc1ccsc1.CCc1ccsc1/C=C/c1sc(-c2ccc(-c3cc(CC)c(/C=C/c4sccc4CC)s3)c3nsnc23)cc1CC.CCc1ccsc1/C=C/c1sc(B2OC(C)(C)C(C)(C)O2)cc1CC.CCc1ccsc1/C=C/c1sc(Br)cc1CC.CCc1ccsc1/C=C/c1sccc1CC.CCc1ccsc1Br.CCc1ccsc1C=O.[B]=NS.[B]=NS. The molecule has 0 saturated carbocycles. The number of aryl methyl sites for hydroxylation is 13. The summed E-state index contributed by atoms with van der Waals surface area (Å²) < 4.78 is 45.7. The average Bonchev–Trinajstić information content (AvgIpc) is 1.62. The average molecular weight is 2410 g/mol. The molecular formula is C116H155B3Br2N4O6S16. The standard InChI is InChI=1S/C34H32N2S5.C20H27BO2S2.C14H15BrS2.C14H16S2.C7H8OS.C6H7BrS.C6H8S.C4H8O.2C4H10O.3CH4.2BHNS/c1-5-21-15-17-37-27(21)11-13-29-23(7-3)19-31(39-29)25-9-10-26(34-33(25)35-41-36-34)32-20-24(8-4)30(40-32)14-12-28-22(6-2)16-18-38-28;1-7-14-11-12-24-16(14)9-10-17-15(8-2)13-18(25-17)21-22-19(3,4)20(5,6)23-21;1-3-10-7-8-16-12(10)5-6-13-11(4-2)9-14(15)17-13;1-3-11-7-9-15-13(11)5-6-14-12(4-2)8-10-16-14;1-2-6-3-4-9-7(6)5-8;1-2-5-3-4-8-6(5)7;1-2-6-3-4-7-5-6;1-2-4-5-3-1;2*1-3-5-4-2;;;;2*1-2-3/h9-20H,5-8H2,1-4H3;9-13H,7-8H2,1-6H3;5-9H,3-4H2,1-2H3;5-10H,3-4H2,1-2H3;3-5H,2H2,1H3;3-4H,2H2,1H3;3-5H,2H2,1H3;1-4H2;2*3-4H2,1-2H3;3*1H4;2*3H/b13-11+,14-12+;10-9+;2*6-5+;;;;;;;;;;;. The van der Waals surface area contributed by atoms with Crippen molar-refractivity contribution in [3.05, 3.63) is 278 Å². The van der Waals surface area contributed by atoms with Crippen molar-refractivity contribution in [1.82, 2.24) is 8.75 Å². The van der Waals surface area contributed by atoms with Crippen molar-refractivity contribution in [2.75, 3.05) is 39.6 Å². The van der Waals surface area contributed by atoms with Gasteiger partial charge < -0.3 is 23.5 Å². The topological polar surface area (TPSA) is 114 Å². The van der Waals surface area contributed by atoms with E-state index in [9.17, 15) is 4.79 Å². The third-order valence-corrected chi connectivity index (χ3v) is 37.9. The molecule has 0 amide bonds. The summed E-state index contributed by atoms with van der Waals surface area (Å²) in [7, 11) is 8.40. The maximum atomic E-state index is 10.3. The van der Waals surface area contributed by atoms with Gasteiger partial charge in [-0.15, -0.1) is 136 Å². The van der Waals surface area contributed by atoms with Crippen molar-refractivity contribution in [3.8, 4) is 20.9 Å². The minimum atomic E-state index is -0.295. The number of aromatic nitrogens is 2. The summed E-state index contributed by atoms with van der Waals surface area (Å²) in [6, 6.07) is 33.3. The molecule has 2 aliphatic heterocycles. The number of thiol groups is 2. The molecule has 794 valence electrons. The fraction of sp³-hybridized carbons (Fsp3) is 0.405. The molecule has 0 unspecified atom stereocenters. The van der Waals surface area contributed by atoms with E-state index in [-0.39, 0.29) is 40.6 Å². The van der Waals surface area contributed by atoms with Crippen LogP contribution >= 0.6 is 217 Å². The van der Waals surface area contributed by atoms with Gasteiger partial charge >= 0.3 is 56.6 Å². The number of hydrogen-bond acceptors (Lipinski definition) is 26. The first-order chi connectivity index (χ1) is 69.8. The minimum absolute atomic E-state index is 0. The van der Waals surface area contributed by atoms with Crippen LogP contribution in [0.5, 0.6) is 0 Å². The Hall–Kier alpha value is -5.24. The van der Waals surface area contributed by atoms with Gasteiger partial charge in [0, 0.05) is 114 Å². The Morgan fingerprint density at radius 3 is 0.905 bits per heavy atom.